The Kier molecular flexibility index (Phi) is 8.84. The van der Waals surface area contributed by atoms with E-state index in [1.54, 1.807) is 0 Å². The molecule has 11 aromatic carbocycles. The molecule has 1 aliphatic rings. The Morgan fingerprint density at radius 1 is 0.232 bits per heavy atom. The van der Waals surface area contributed by atoms with Crippen molar-refractivity contribution in [2.24, 2.45) is 0 Å². The van der Waals surface area contributed by atoms with Gasteiger partial charge in [-0.15, -0.1) is 0 Å². The zero-order valence-corrected chi connectivity index (χ0v) is 37.8. The zero-order chi connectivity index (χ0) is 45.5. The molecule has 0 aliphatic heterocycles. The molecule has 14 rings (SSSR count). The number of hydrogen-bond acceptors (Lipinski definition) is 0. The summed E-state index contributed by atoms with van der Waals surface area (Å²) in [4.78, 5) is 0. The first kappa shape index (κ1) is 39.2. The van der Waals surface area contributed by atoms with Crippen LogP contribution in [0.15, 0.2) is 267 Å². The first-order valence-electron chi connectivity index (χ1n) is 23.9. The number of aromatic nitrogens is 2. The summed E-state index contributed by atoms with van der Waals surface area (Å²) >= 11 is 0. The van der Waals surface area contributed by atoms with Gasteiger partial charge < -0.3 is 9.13 Å². The van der Waals surface area contributed by atoms with Gasteiger partial charge in [0.25, 0.3) is 0 Å². The Labute approximate surface area is 401 Å². The lowest BCUT2D eigenvalue weighted by Crippen LogP contribution is -2.28. The molecular formula is C67H44N2. The second-order valence-corrected chi connectivity index (χ2v) is 18.4. The molecule has 0 unspecified atom stereocenters. The molecule has 2 heteroatoms. The Morgan fingerprint density at radius 3 is 1.26 bits per heavy atom. The van der Waals surface area contributed by atoms with Gasteiger partial charge in [0.1, 0.15) is 0 Å². The number of hydrogen-bond donors (Lipinski definition) is 0. The summed E-state index contributed by atoms with van der Waals surface area (Å²) in [5.74, 6) is 0. The smallest absolute Gasteiger partial charge is 0.0713 e. The van der Waals surface area contributed by atoms with Gasteiger partial charge in [-0.05, 0) is 133 Å². The minimum Gasteiger partial charge on any atom is -0.309 e. The fourth-order valence-electron chi connectivity index (χ4n) is 11.8. The van der Waals surface area contributed by atoms with E-state index >= 15 is 0 Å². The van der Waals surface area contributed by atoms with Crippen molar-refractivity contribution in [3.05, 3.63) is 289 Å². The lowest BCUT2D eigenvalue weighted by atomic mass is 9.67. The van der Waals surface area contributed by atoms with E-state index in [4.69, 9.17) is 0 Å². The standard InChI is InChI=1S/C67H44N2/c1-5-19-45(20-6-1)47-23-17-29-53(39-47)68-63-34-16-14-32-56(63)58-41-49(35-37-64(58)68)50-36-38-65-59(42-50)60-43-62-57(44-66(60)69(65)54-30-18-24-48(40-54)46-21-7-2-8-22-46)55-31-13-15-33-61(55)67(62,51-25-9-3-10-26-51)52-27-11-4-12-28-52/h1-44H. The highest BCUT2D eigenvalue weighted by Crippen LogP contribution is 2.57. The summed E-state index contributed by atoms with van der Waals surface area (Å²) in [6.45, 7) is 0. The molecule has 0 saturated carbocycles. The van der Waals surface area contributed by atoms with Crippen molar-refractivity contribution in [1.82, 2.24) is 9.13 Å². The molecular weight excluding hydrogens is 833 g/mol. The van der Waals surface area contributed by atoms with Crippen molar-refractivity contribution in [3.63, 3.8) is 0 Å². The first-order valence-corrected chi connectivity index (χ1v) is 23.9. The summed E-state index contributed by atoms with van der Waals surface area (Å²) in [6, 6.07) is 98.7. The van der Waals surface area contributed by atoms with Gasteiger partial charge >= 0.3 is 0 Å². The van der Waals surface area contributed by atoms with Gasteiger partial charge in [-0.3, -0.25) is 0 Å². The molecule has 0 bridgehead atoms. The summed E-state index contributed by atoms with van der Waals surface area (Å²) in [5, 5.41) is 4.93. The lowest BCUT2D eigenvalue weighted by Gasteiger charge is -2.34. The van der Waals surface area contributed by atoms with Crippen LogP contribution in [0.3, 0.4) is 0 Å². The summed E-state index contributed by atoms with van der Waals surface area (Å²) in [7, 11) is 0. The predicted molar refractivity (Wildman–Crippen MR) is 289 cm³/mol. The van der Waals surface area contributed by atoms with Gasteiger partial charge in [0.2, 0.25) is 0 Å². The summed E-state index contributed by atoms with van der Waals surface area (Å²) < 4.78 is 4.92. The quantitative estimate of drug-likeness (QED) is 0.151. The van der Waals surface area contributed by atoms with Crippen LogP contribution in [0.4, 0.5) is 0 Å². The lowest BCUT2D eigenvalue weighted by molar-refractivity contribution is 0.769. The molecule has 1 aliphatic carbocycles. The van der Waals surface area contributed by atoms with E-state index < -0.39 is 5.41 Å². The molecule has 2 nitrogen and oxygen atoms in total. The molecule has 13 aromatic rings. The van der Waals surface area contributed by atoms with E-state index in [-0.39, 0.29) is 0 Å². The molecule has 69 heavy (non-hydrogen) atoms. The van der Waals surface area contributed by atoms with Crippen LogP contribution in [-0.2, 0) is 5.41 Å². The number of rotatable bonds is 7. The molecule has 0 N–H and O–H groups in total. The zero-order valence-electron chi connectivity index (χ0n) is 37.8. The predicted octanol–water partition coefficient (Wildman–Crippen LogP) is 17.2. The maximum Gasteiger partial charge on any atom is 0.0713 e. The SMILES string of the molecule is c1ccc(-c2cccc(-n3c4ccccc4c4cc(-c5ccc6c(c5)c5cc7c(cc5n6-c5cccc(-c6ccccc6)c5)-c5ccccc5C7(c5ccccc5)c5ccccc5)ccc43)c2)cc1. The second-order valence-electron chi connectivity index (χ2n) is 18.4. The van der Waals surface area contributed by atoms with Gasteiger partial charge in [0.05, 0.1) is 27.5 Å². The van der Waals surface area contributed by atoms with E-state index in [1.807, 2.05) is 0 Å². The molecule has 2 heterocycles. The monoisotopic (exact) mass is 876 g/mol. The highest BCUT2D eigenvalue weighted by molar-refractivity contribution is 6.14. The number of para-hydroxylation sites is 1. The molecule has 2 aromatic heterocycles. The van der Waals surface area contributed by atoms with Crippen LogP contribution in [0.2, 0.25) is 0 Å². The van der Waals surface area contributed by atoms with Crippen LogP contribution < -0.4 is 0 Å². The van der Waals surface area contributed by atoms with E-state index in [0.717, 1.165) is 11.4 Å². The number of fused-ring (bicyclic) bond motifs is 9. The molecule has 0 saturated heterocycles. The fourth-order valence-corrected chi connectivity index (χ4v) is 11.8. The average molecular weight is 877 g/mol. The van der Waals surface area contributed by atoms with Gasteiger partial charge in [-0.1, -0.05) is 200 Å². The minimum absolute atomic E-state index is 0.512. The van der Waals surface area contributed by atoms with Crippen LogP contribution in [0.5, 0.6) is 0 Å². The largest absolute Gasteiger partial charge is 0.309 e. The fraction of sp³-hybridized carbons (Fsp3) is 0.0149. The van der Waals surface area contributed by atoms with Gasteiger partial charge in [0.15, 0.2) is 0 Å². The third-order valence-electron chi connectivity index (χ3n) is 14.8. The van der Waals surface area contributed by atoms with Crippen molar-refractivity contribution in [1.29, 1.82) is 0 Å². The van der Waals surface area contributed by atoms with Crippen molar-refractivity contribution >= 4 is 43.6 Å². The molecule has 0 radical (unpaired) electrons. The minimum atomic E-state index is -0.512. The van der Waals surface area contributed by atoms with E-state index in [2.05, 4.69) is 276 Å². The highest BCUT2D eigenvalue weighted by atomic mass is 15.0. The Hall–Kier alpha value is -8.98. The molecule has 0 amide bonds. The van der Waals surface area contributed by atoms with Crippen molar-refractivity contribution in [3.8, 4) is 55.9 Å². The van der Waals surface area contributed by atoms with E-state index in [9.17, 15) is 0 Å². The molecule has 0 spiro atoms. The summed E-state index contributed by atoms with van der Waals surface area (Å²) in [6.07, 6.45) is 0. The van der Waals surface area contributed by atoms with Crippen LogP contribution in [0.1, 0.15) is 22.3 Å². The van der Waals surface area contributed by atoms with Gasteiger partial charge in [0, 0.05) is 32.9 Å². The topological polar surface area (TPSA) is 9.86 Å². The third-order valence-corrected chi connectivity index (χ3v) is 14.8. The van der Waals surface area contributed by atoms with Crippen LogP contribution in [0, 0.1) is 0 Å². The molecule has 322 valence electrons. The van der Waals surface area contributed by atoms with E-state index in [1.165, 1.54) is 110 Å². The molecule has 0 atom stereocenters. The Bertz CT molecular complexity index is 4070. The van der Waals surface area contributed by atoms with Crippen LogP contribution >= 0.6 is 0 Å². The number of nitrogens with zero attached hydrogens (tertiary/aromatic N) is 2. The third kappa shape index (κ3) is 5.99. The highest BCUT2D eigenvalue weighted by Gasteiger charge is 2.46. The second kappa shape index (κ2) is 15.6. The van der Waals surface area contributed by atoms with Crippen molar-refractivity contribution in [2.45, 2.75) is 5.41 Å². The Balaban J connectivity index is 1.02. The first-order chi connectivity index (χ1) is 34.2. The Morgan fingerprint density at radius 2 is 0.667 bits per heavy atom. The maximum atomic E-state index is 2.54. The van der Waals surface area contributed by atoms with Gasteiger partial charge in [-0.2, -0.15) is 0 Å². The van der Waals surface area contributed by atoms with Crippen molar-refractivity contribution < 1.29 is 0 Å². The van der Waals surface area contributed by atoms with Crippen molar-refractivity contribution in [2.75, 3.05) is 0 Å². The van der Waals surface area contributed by atoms with Crippen LogP contribution in [0.25, 0.3) is 99.5 Å². The van der Waals surface area contributed by atoms with E-state index in [0.29, 0.717) is 0 Å². The van der Waals surface area contributed by atoms with Gasteiger partial charge in [-0.25, -0.2) is 0 Å². The average Bonchev–Trinajstić information content (AvgIpc) is 4.04. The molecule has 0 fully saturated rings. The normalized spacial score (nSPS) is 12.8. The number of benzene rings is 11. The maximum absolute atomic E-state index is 2.54. The van der Waals surface area contributed by atoms with Crippen LogP contribution in [-0.4, -0.2) is 9.13 Å². The summed E-state index contributed by atoms with van der Waals surface area (Å²) in [5.41, 5.74) is 21.4.